The minimum absolute atomic E-state index is 0.0794. The first-order chi connectivity index (χ1) is 15.2. The van der Waals surface area contributed by atoms with Crippen LogP contribution in [0, 0.1) is 0 Å². The van der Waals surface area contributed by atoms with Crippen molar-refractivity contribution in [2.45, 2.75) is 116 Å². The van der Waals surface area contributed by atoms with Crippen molar-refractivity contribution in [2.75, 3.05) is 0 Å². The van der Waals surface area contributed by atoms with E-state index in [1.54, 1.807) is 0 Å². The van der Waals surface area contributed by atoms with Crippen LogP contribution in [0.15, 0.2) is 30.3 Å². The molecule has 2 unspecified atom stereocenters. The molecule has 2 rings (SSSR count). The largest absolute Gasteiger partial charge is 0.346 e. The van der Waals surface area contributed by atoms with Crippen molar-refractivity contribution in [3.63, 3.8) is 0 Å². The van der Waals surface area contributed by atoms with Crippen molar-refractivity contribution in [1.82, 2.24) is 10.6 Å². The van der Waals surface area contributed by atoms with Gasteiger partial charge in [-0.15, -0.1) is 0 Å². The number of hydrogen-bond acceptors (Lipinski definition) is 3. The minimum atomic E-state index is -0.872. The maximum Gasteiger partial charge on any atom is 0.323 e. The fraction of sp³-hybridized carbons (Fsp3) is 0.692. The predicted octanol–water partition coefficient (Wildman–Crippen LogP) is 6.26. The highest BCUT2D eigenvalue weighted by Gasteiger charge is 2.32. The molecule has 5 nitrogen and oxygen atoms in total. The van der Waals surface area contributed by atoms with Gasteiger partial charge in [0.2, 0.25) is 6.23 Å². The molecule has 3 amide bonds. The van der Waals surface area contributed by atoms with Crippen LogP contribution in [0.5, 0.6) is 0 Å². The summed E-state index contributed by atoms with van der Waals surface area (Å²) in [6.07, 6.45) is 17.9. The predicted molar refractivity (Wildman–Crippen MR) is 126 cm³/mol. The Balaban J connectivity index is 1.57. The van der Waals surface area contributed by atoms with Crippen molar-refractivity contribution in [2.24, 2.45) is 0 Å². The fourth-order valence-electron chi connectivity index (χ4n) is 4.17. The molecular weight excluding hydrogens is 388 g/mol. The average Bonchev–Trinajstić information content (AvgIpc) is 3.08. The van der Waals surface area contributed by atoms with Gasteiger partial charge in [0.25, 0.3) is 5.91 Å². The number of unbranched alkanes of at least 4 members (excludes halogenated alkanes) is 12. The third kappa shape index (κ3) is 11.3. The number of hydrogen-bond donors (Lipinski definition) is 2. The van der Waals surface area contributed by atoms with Crippen LogP contribution < -0.4 is 10.6 Å². The lowest BCUT2D eigenvalue weighted by atomic mass is 10.0. The molecule has 0 radical (unpaired) electrons. The Hall–Kier alpha value is -1.88. The number of carbonyl (C=O) groups is 2. The quantitative estimate of drug-likeness (QED) is 0.213. The van der Waals surface area contributed by atoms with Crippen LogP contribution in [0.4, 0.5) is 4.79 Å². The average molecular weight is 431 g/mol. The molecule has 0 saturated carbocycles. The molecule has 2 atom stereocenters. The van der Waals surface area contributed by atoms with E-state index in [0.29, 0.717) is 0 Å². The van der Waals surface area contributed by atoms with E-state index in [-0.39, 0.29) is 6.10 Å². The highest BCUT2D eigenvalue weighted by molar-refractivity contribution is 6.03. The summed E-state index contributed by atoms with van der Waals surface area (Å²) in [5.74, 6) is -0.395. The number of nitrogens with one attached hydrogen (secondary N) is 2. The van der Waals surface area contributed by atoms with Gasteiger partial charge in [0, 0.05) is 0 Å². The summed E-state index contributed by atoms with van der Waals surface area (Å²) in [6, 6.07) is 9.70. The molecule has 1 aromatic rings. The van der Waals surface area contributed by atoms with Gasteiger partial charge < -0.3 is 10.1 Å². The van der Waals surface area contributed by atoms with Gasteiger partial charge in [0.05, 0.1) is 6.10 Å². The molecule has 0 bridgehead atoms. The van der Waals surface area contributed by atoms with Gasteiger partial charge in [0.1, 0.15) is 0 Å². The van der Waals surface area contributed by atoms with Crippen molar-refractivity contribution < 1.29 is 14.3 Å². The third-order valence-electron chi connectivity index (χ3n) is 6.00. The van der Waals surface area contributed by atoms with E-state index in [0.717, 1.165) is 19.3 Å². The van der Waals surface area contributed by atoms with Gasteiger partial charge in [0.15, 0.2) is 0 Å². The van der Waals surface area contributed by atoms with Gasteiger partial charge in [-0.2, -0.15) is 0 Å². The Bertz CT molecular complexity index is 620. The molecule has 174 valence electrons. The molecule has 1 heterocycles. The summed E-state index contributed by atoms with van der Waals surface area (Å²) < 4.78 is 5.96. The molecule has 5 heteroatoms. The normalized spacial score (nSPS) is 16.9. The molecule has 0 aromatic heterocycles. The van der Waals surface area contributed by atoms with Crippen LogP contribution in [0.25, 0.3) is 0 Å². The molecule has 1 aromatic carbocycles. The molecule has 1 aliphatic rings. The second-order valence-electron chi connectivity index (χ2n) is 8.82. The number of ether oxygens (including phenoxy) is 1. The van der Waals surface area contributed by atoms with Crippen LogP contribution in [0.2, 0.25) is 0 Å². The summed E-state index contributed by atoms with van der Waals surface area (Å²) >= 11 is 0. The molecule has 31 heavy (non-hydrogen) atoms. The molecule has 0 spiro atoms. The molecule has 1 aliphatic heterocycles. The summed E-state index contributed by atoms with van der Waals surface area (Å²) in [4.78, 5) is 23.2. The van der Waals surface area contributed by atoms with E-state index in [2.05, 4.69) is 29.7 Å². The van der Waals surface area contributed by atoms with Gasteiger partial charge in [-0.05, 0) is 18.4 Å². The monoisotopic (exact) mass is 430 g/mol. The number of amides is 3. The summed E-state index contributed by atoms with van der Waals surface area (Å²) in [7, 11) is 0. The van der Waals surface area contributed by atoms with Crippen LogP contribution >= 0.6 is 0 Å². The smallest absolute Gasteiger partial charge is 0.323 e. The lowest BCUT2D eigenvalue weighted by molar-refractivity contribution is -0.134. The first-order valence-corrected chi connectivity index (χ1v) is 12.5. The Morgan fingerprint density at radius 3 is 1.87 bits per heavy atom. The fourth-order valence-corrected chi connectivity index (χ4v) is 4.17. The van der Waals surface area contributed by atoms with E-state index in [4.69, 9.17) is 4.74 Å². The Kier molecular flexibility index (Phi) is 13.0. The van der Waals surface area contributed by atoms with Crippen molar-refractivity contribution in [1.29, 1.82) is 0 Å². The lowest BCUT2D eigenvalue weighted by Crippen LogP contribution is -2.36. The van der Waals surface area contributed by atoms with Crippen LogP contribution in [0.1, 0.15) is 102 Å². The first kappa shape index (κ1) is 25.4. The summed E-state index contributed by atoms with van der Waals surface area (Å²) in [6.45, 7) is 2.27. The molecule has 1 fully saturated rings. The summed E-state index contributed by atoms with van der Waals surface area (Å²) in [5.41, 5.74) is 1.19. The Morgan fingerprint density at radius 2 is 1.35 bits per heavy atom. The zero-order valence-corrected chi connectivity index (χ0v) is 19.4. The number of imide groups is 1. The second-order valence-corrected chi connectivity index (χ2v) is 8.82. The van der Waals surface area contributed by atoms with Crippen LogP contribution in [-0.2, 0) is 16.0 Å². The summed E-state index contributed by atoms with van der Waals surface area (Å²) in [5, 5.41) is 4.79. The second kappa shape index (κ2) is 15.9. The lowest BCUT2D eigenvalue weighted by Gasteiger charge is -2.21. The van der Waals surface area contributed by atoms with Gasteiger partial charge >= 0.3 is 6.03 Å². The zero-order chi connectivity index (χ0) is 22.2. The molecule has 1 saturated heterocycles. The van der Waals surface area contributed by atoms with E-state index in [1.807, 2.05) is 18.2 Å². The first-order valence-electron chi connectivity index (χ1n) is 12.5. The number of urea groups is 1. The number of carbonyl (C=O) groups excluding carboxylic acids is 2. The zero-order valence-electron chi connectivity index (χ0n) is 19.4. The van der Waals surface area contributed by atoms with Gasteiger partial charge in [-0.3, -0.25) is 10.1 Å². The van der Waals surface area contributed by atoms with Gasteiger partial charge in [-0.25, -0.2) is 4.79 Å². The Labute approximate surface area is 188 Å². The SMILES string of the molecule is CCCCCCCCCCCCCCCC(Cc1ccccc1)OC1NC(=O)NC1=O. The molecule has 2 N–H and O–H groups in total. The topological polar surface area (TPSA) is 67.4 Å². The van der Waals surface area contributed by atoms with E-state index >= 15 is 0 Å². The van der Waals surface area contributed by atoms with Crippen molar-refractivity contribution in [3.8, 4) is 0 Å². The van der Waals surface area contributed by atoms with E-state index in [9.17, 15) is 9.59 Å². The van der Waals surface area contributed by atoms with E-state index < -0.39 is 18.2 Å². The third-order valence-corrected chi connectivity index (χ3v) is 6.00. The van der Waals surface area contributed by atoms with Crippen LogP contribution in [-0.4, -0.2) is 24.3 Å². The maximum atomic E-state index is 11.8. The van der Waals surface area contributed by atoms with E-state index in [1.165, 1.54) is 82.6 Å². The highest BCUT2D eigenvalue weighted by atomic mass is 16.5. The highest BCUT2D eigenvalue weighted by Crippen LogP contribution is 2.17. The van der Waals surface area contributed by atoms with Crippen molar-refractivity contribution >= 4 is 11.9 Å². The standard InChI is InChI=1S/C26H42N2O3/c1-2-3-4-5-6-7-8-9-10-11-12-13-17-20-23(21-22-18-15-14-16-19-22)31-25-24(29)27-26(30)28-25/h14-16,18-19,23,25H,2-13,17,20-21H2,1H3,(H2,27,28,29,30). The number of rotatable bonds is 18. The molecule has 0 aliphatic carbocycles. The van der Waals surface area contributed by atoms with Gasteiger partial charge in [-0.1, -0.05) is 121 Å². The minimum Gasteiger partial charge on any atom is -0.346 e. The maximum absolute atomic E-state index is 11.8. The van der Waals surface area contributed by atoms with Crippen LogP contribution in [0.3, 0.4) is 0 Å². The molecular formula is C26H42N2O3. The number of benzene rings is 1. The Morgan fingerprint density at radius 1 is 0.806 bits per heavy atom. The van der Waals surface area contributed by atoms with Crippen molar-refractivity contribution in [3.05, 3.63) is 35.9 Å².